The highest BCUT2D eigenvalue weighted by Gasteiger charge is 2.29. The molecule has 0 aliphatic carbocycles. The second kappa shape index (κ2) is 6.17. The Labute approximate surface area is 131 Å². The van der Waals surface area contributed by atoms with Crippen molar-refractivity contribution < 1.29 is 24.0 Å². The lowest BCUT2D eigenvalue weighted by Gasteiger charge is -2.30. The Balaban J connectivity index is 1.74. The van der Waals surface area contributed by atoms with Crippen molar-refractivity contribution >= 4 is 11.9 Å². The monoisotopic (exact) mass is 317 g/mol. The van der Waals surface area contributed by atoms with Crippen molar-refractivity contribution in [2.45, 2.75) is 13.0 Å². The molecule has 0 spiro atoms. The van der Waals surface area contributed by atoms with E-state index in [9.17, 15) is 9.59 Å². The number of hydrogen-bond donors (Lipinski definition) is 1. The summed E-state index contributed by atoms with van der Waals surface area (Å²) in [5.41, 5.74) is 1.18. The molecule has 2 heterocycles. The smallest absolute Gasteiger partial charge is 0.334 e. The van der Waals surface area contributed by atoms with Crippen LogP contribution in [0.2, 0.25) is 0 Å². The molecule has 120 valence electrons. The first kappa shape index (κ1) is 15.2. The number of benzene rings is 1. The van der Waals surface area contributed by atoms with Crippen molar-refractivity contribution in [1.82, 2.24) is 15.0 Å². The second-order valence-corrected chi connectivity index (χ2v) is 5.17. The van der Waals surface area contributed by atoms with Crippen LogP contribution in [-0.2, 0) is 9.53 Å². The quantitative estimate of drug-likeness (QED) is 0.899. The fourth-order valence-corrected chi connectivity index (χ4v) is 2.34. The summed E-state index contributed by atoms with van der Waals surface area (Å²) in [5.74, 6) is -0.371. The molecule has 1 saturated heterocycles. The summed E-state index contributed by atoms with van der Waals surface area (Å²) in [5, 5.41) is 12.7. The number of ether oxygens (including phenoxy) is 1. The Morgan fingerprint density at radius 2 is 2.04 bits per heavy atom. The van der Waals surface area contributed by atoms with E-state index in [-0.39, 0.29) is 19.1 Å². The maximum Gasteiger partial charge on any atom is 0.334 e. The molecule has 1 aromatic heterocycles. The lowest BCUT2D eigenvalue weighted by molar-refractivity contribution is -0.154. The molecule has 2 aromatic rings. The highest BCUT2D eigenvalue weighted by molar-refractivity contribution is 5.95. The summed E-state index contributed by atoms with van der Waals surface area (Å²) in [7, 11) is 0. The maximum atomic E-state index is 12.4. The van der Waals surface area contributed by atoms with Gasteiger partial charge in [0.1, 0.15) is 0 Å². The molecule has 0 radical (unpaired) electrons. The average Bonchev–Trinajstić information content (AvgIpc) is 3.01. The maximum absolute atomic E-state index is 12.4. The van der Waals surface area contributed by atoms with Gasteiger partial charge in [0, 0.05) is 17.7 Å². The van der Waals surface area contributed by atoms with Crippen molar-refractivity contribution in [2.75, 3.05) is 19.7 Å². The first-order valence-electron chi connectivity index (χ1n) is 7.09. The van der Waals surface area contributed by atoms with Gasteiger partial charge in [0.25, 0.3) is 11.8 Å². The third kappa shape index (κ3) is 3.21. The Morgan fingerprint density at radius 1 is 1.30 bits per heavy atom. The molecule has 1 aliphatic rings. The number of hydrogen-bond acceptors (Lipinski definition) is 6. The molecule has 1 N–H and O–H groups in total. The van der Waals surface area contributed by atoms with E-state index in [1.807, 2.05) is 0 Å². The number of aromatic nitrogens is 2. The second-order valence-electron chi connectivity index (χ2n) is 5.17. The van der Waals surface area contributed by atoms with Crippen LogP contribution in [0, 0.1) is 6.92 Å². The number of carbonyl (C=O) groups excluding carboxylic acids is 1. The predicted molar refractivity (Wildman–Crippen MR) is 77.8 cm³/mol. The summed E-state index contributed by atoms with van der Waals surface area (Å²) in [4.78, 5) is 29.0. The molecule has 1 aliphatic heterocycles. The molecule has 1 aromatic carbocycles. The van der Waals surface area contributed by atoms with Gasteiger partial charge in [-0.05, 0) is 31.2 Å². The number of aliphatic carboxylic acids is 1. The normalized spacial score (nSPS) is 18.0. The van der Waals surface area contributed by atoms with E-state index in [0.717, 1.165) is 0 Å². The van der Waals surface area contributed by atoms with Gasteiger partial charge in [0.15, 0.2) is 11.9 Å². The standard InChI is InChI=1S/C15H15N3O5/c1-9-16-13(23-17-9)10-2-4-11(5-3-10)14(19)18-6-7-22-12(8-18)15(20)21/h2-5,12H,6-8H2,1H3,(H,20,21). The van der Waals surface area contributed by atoms with Gasteiger partial charge in [-0.25, -0.2) is 4.79 Å². The van der Waals surface area contributed by atoms with Gasteiger partial charge in [0.2, 0.25) is 0 Å². The SMILES string of the molecule is Cc1noc(-c2ccc(C(=O)N3CCOC(C(=O)O)C3)cc2)n1. The van der Waals surface area contributed by atoms with Crippen molar-refractivity contribution in [3.63, 3.8) is 0 Å². The van der Waals surface area contributed by atoms with E-state index in [1.165, 1.54) is 4.90 Å². The number of carboxylic acid groups (broad SMARTS) is 1. The molecule has 1 fully saturated rings. The summed E-state index contributed by atoms with van der Waals surface area (Å²) in [6.45, 7) is 2.34. The largest absolute Gasteiger partial charge is 0.479 e. The third-order valence-electron chi connectivity index (χ3n) is 3.54. The van der Waals surface area contributed by atoms with E-state index in [2.05, 4.69) is 10.1 Å². The van der Waals surface area contributed by atoms with Crippen LogP contribution in [-0.4, -0.2) is 57.8 Å². The molecule has 23 heavy (non-hydrogen) atoms. The molecular weight excluding hydrogens is 302 g/mol. The number of amides is 1. The van der Waals surface area contributed by atoms with Gasteiger partial charge < -0.3 is 19.3 Å². The van der Waals surface area contributed by atoms with Crippen LogP contribution in [0.4, 0.5) is 0 Å². The van der Waals surface area contributed by atoms with E-state index < -0.39 is 12.1 Å². The molecule has 1 atom stereocenters. The van der Waals surface area contributed by atoms with Gasteiger partial charge in [-0.1, -0.05) is 5.16 Å². The van der Waals surface area contributed by atoms with Gasteiger partial charge >= 0.3 is 5.97 Å². The van der Waals surface area contributed by atoms with E-state index in [0.29, 0.717) is 29.4 Å². The Hall–Kier alpha value is -2.74. The molecule has 8 heteroatoms. The molecule has 1 amide bonds. The molecule has 0 bridgehead atoms. The lowest BCUT2D eigenvalue weighted by atomic mass is 10.1. The van der Waals surface area contributed by atoms with Crippen LogP contribution < -0.4 is 0 Å². The van der Waals surface area contributed by atoms with Crippen LogP contribution in [0.15, 0.2) is 28.8 Å². The molecule has 8 nitrogen and oxygen atoms in total. The zero-order valence-corrected chi connectivity index (χ0v) is 12.4. The molecular formula is C15H15N3O5. The van der Waals surface area contributed by atoms with Crippen LogP contribution >= 0.6 is 0 Å². The van der Waals surface area contributed by atoms with Crippen molar-refractivity contribution in [2.24, 2.45) is 0 Å². The number of rotatable bonds is 3. The fourth-order valence-electron chi connectivity index (χ4n) is 2.34. The number of carboxylic acids is 1. The number of carbonyl (C=O) groups is 2. The Kier molecular flexibility index (Phi) is 4.07. The zero-order chi connectivity index (χ0) is 16.4. The van der Waals surface area contributed by atoms with Crippen LogP contribution in [0.25, 0.3) is 11.5 Å². The molecule has 0 saturated carbocycles. The average molecular weight is 317 g/mol. The minimum atomic E-state index is -1.07. The molecule has 3 rings (SSSR count). The van der Waals surface area contributed by atoms with E-state index in [4.69, 9.17) is 14.4 Å². The summed E-state index contributed by atoms with van der Waals surface area (Å²) in [6, 6.07) is 6.75. The van der Waals surface area contributed by atoms with Crippen molar-refractivity contribution in [1.29, 1.82) is 0 Å². The predicted octanol–water partition coefficient (Wildman–Crippen LogP) is 0.971. The first-order chi connectivity index (χ1) is 11.0. The van der Waals surface area contributed by atoms with Crippen molar-refractivity contribution in [3.8, 4) is 11.5 Å². The lowest BCUT2D eigenvalue weighted by Crippen LogP contribution is -2.48. The third-order valence-corrected chi connectivity index (χ3v) is 3.54. The highest BCUT2D eigenvalue weighted by Crippen LogP contribution is 2.19. The number of nitrogens with zero attached hydrogens (tertiary/aromatic N) is 3. The number of aryl methyl sites for hydroxylation is 1. The van der Waals surface area contributed by atoms with Gasteiger partial charge in [-0.3, -0.25) is 4.79 Å². The van der Waals surface area contributed by atoms with Crippen LogP contribution in [0.5, 0.6) is 0 Å². The minimum absolute atomic E-state index is 0.0404. The summed E-state index contributed by atoms with van der Waals surface area (Å²) in [6.07, 6.45) is -0.978. The van der Waals surface area contributed by atoms with Crippen molar-refractivity contribution in [3.05, 3.63) is 35.7 Å². The Bertz CT molecular complexity index is 725. The van der Waals surface area contributed by atoms with E-state index >= 15 is 0 Å². The topological polar surface area (TPSA) is 106 Å². The summed E-state index contributed by atoms with van der Waals surface area (Å²) >= 11 is 0. The fraction of sp³-hybridized carbons (Fsp3) is 0.333. The highest BCUT2D eigenvalue weighted by atomic mass is 16.5. The van der Waals surface area contributed by atoms with Crippen LogP contribution in [0.1, 0.15) is 16.2 Å². The molecule has 1 unspecified atom stereocenters. The van der Waals surface area contributed by atoms with E-state index in [1.54, 1.807) is 31.2 Å². The Morgan fingerprint density at radius 3 is 2.65 bits per heavy atom. The first-order valence-corrected chi connectivity index (χ1v) is 7.09. The minimum Gasteiger partial charge on any atom is -0.479 e. The number of morpholine rings is 1. The van der Waals surface area contributed by atoms with Gasteiger partial charge in [0.05, 0.1) is 13.2 Å². The van der Waals surface area contributed by atoms with Gasteiger partial charge in [-0.2, -0.15) is 4.98 Å². The summed E-state index contributed by atoms with van der Waals surface area (Å²) < 4.78 is 10.2. The zero-order valence-electron chi connectivity index (χ0n) is 12.4. The van der Waals surface area contributed by atoms with Crippen LogP contribution in [0.3, 0.4) is 0 Å². The van der Waals surface area contributed by atoms with Gasteiger partial charge in [-0.15, -0.1) is 0 Å².